The zero-order valence-corrected chi connectivity index (χ0v) is 13.2. The molecule has 0 aliphatic carbocycles. The summed E-state index contributed by atoms with van der Waals surface area (Å²) in [5, 5.41) is 2.87. The van der Waals surface area contributed by atoms with Crippen LogP contribution in [0.2, 0.25) is 0 Å². The second kappa shape index (κ2) is 7.93. The molecular weight excluding hydrogens is 250 g/mol. The fourth-order valence-corrected chi connectivity index (χ4v) is 1.86. The molecule has 0 saturated carbocycles. The summed E-state index contributed by atoms with van der Waals surface area (Å²) in [5.74, 6) is 0.698. The Hall–Kier alpha value is -1.51. The van der Waals surface area contributed by atoms with Gasteiger partial charge in [-0.15, -0.1) is 0 Å². The van der Waals surface area contributed by atoms with E-state index in [0.29, 0.717) is 0 Å². The number of hydrogen-bond donors (Lipinski definition) is 1. The first kappa shape index (κ1) is 16.5. The van der Waals surface area contributed by atoms with Crippen molar-refractivity contribution in [3.05, 3.63) is 29.8 Å². The summed E-state index contributed by atoms with van der Waals surface area (Å²) in [4.78, 5) is 11.6. The Balaban J connectivity index is 2.40. The highest BCUT2D eigenvalue weighted by molar-refractivity contribution is 5.77. The Morgan fingerprint density at radius 3 is 2.65 bits per heavy atom. The van der Waals surface area contributed by atoms with Gasteiger partial charge in [0.05, 0.1) is 0 Å². The van der Waals surface area contributed by atoms with Crippen LogP contribution in [0.3, 0.4) is 0 Å². The van der Waals surface area contributed by atoms with Crippen LogP contribution in [0.1, 0.15) is 52.5 Å². The molecule has 0 heterocycles. The van der Waals surface area contributed by atoms with Gasteiger partial charge in [-0.3, -0.25) is 4.79 Å². The van der Waals surface area contributed by atoms with E-state index >= 15 is 0 Å². The summed E-state index contributed by atoms with van der Waals surface area (Å²) in [7, 11) is 0. The van der Waals surface area contributed by atoms with Crippen LogP contribution in [-0.2, 0) is 10.2 Å². The van der Waals surface area contributed by atoms with Crippen LogP contribution in [0.4, 0.5) is 0 Å². The van der Waals surface area contributed by atoms with E-state index in [-0.39, 0.29) is 17.9 Å². The van der Waals surface area contributed by atoms with Crippen LogP contribution in [-0.4, -0.2) is 19.1 Å². The molecule has 0 spiro atoms. The lowest BCUT2D eigenvalue weighted by Gasteiger charge is -2.19. The molecule has 3 heteroatoms. The molecule has 0 aliphatic rings. The summed E-state index contributed by atoms with van der Waals surface area (Å²) in [6.07, 6.45) is 3.34. The van der Waals surface area contributed by atoms with Gasteiger partial charge in [-0.1, -0.05) is 52.7 Å². The second-order valence-corrected chi connectivity index (χ2v) is 6.12. The van der Waals surface area contributed by atoms with Gasteiger partial charge in [0.25, 0.3) is 5.91 Å². The lowest BCUT2D eigenvalue weighted by Crippen LogP contribution is -2.29. The van der Waals surface area contributed by atoms with Crippen molar-refractivity contribution in [3.8, 4) is 5.75 Å². The van der Waals surface area contributed by atoms with Gasteiger partial charge in [-0.2, -0.15) is 0 Å². The lowest BCUT2D eigenvalue weighted by atomic mass is 9.87. The molecule has 0 bridgehead atoms. The third-order valence-corrected chi connectivity index (χ3v) is 3.17. The minimum Gasteiger partial charge on any atom is -0.484 e. The fourth-order valence-electron chi connectivity index (χ4n) is 1.86. The molecule has 1 aromatic carbocycles. The first-order valence-electron chi connectivity index (χ1n) is 7.43. The average molecular weight is 277 g/mol. The molecule has 1 rings (SSSR count). The number of benzene rings is 1. The molecule has 1 aromatic rings. The van der Waals surface area contributed by atoms with Crippen molar-refractivity contribution in [2.45, 2.75) is 52.4 Å². The van der Waals surface area contributed by atoms with Crippen LogP contribution in [0.5, 0.6) is 5.75 Å². The Morgan fingerprint density at radius 1 is 1.25 bits per heavy atom. The molecule has 0 unspecified atom stereocenters. The Kier molecular flexibility index (Phi) is 6.56. The molecule has 0 saturated heterocycles. The molecule has 1 amide bonds. The van der Waals surface area contributed by atoms with Gasteiger partial charge in [0.2, 0.25) is 0 Å². The van der Waals surface area contributed by atoms with Crippen molar-refractivity contribution in [3.63, 3.8) is 0 Å². The van der Waals surface area contributed by atoms with Gasteiger partial charge in [0, 0.05) is 6.54 Å². The molecule has 0 fully saturated rings. The minimum absolute atomic E-state index is 0.0535. The van der Waals surface area contributed by atoms with Crippen LogP contribution in [0, 0.1) is 0 Å². The number of nitrogens with one attached hydrogen (secondary N) is 1. The molecule has 0 aliphatic heterocycles. The molecule has 0 aromatic heterocycles. The third-order valence-electron chi connectivity index (χ3n) is 3.17. The summed E-state index contributed by atoms with van der Waals surface area (Å²) in [6, 6.07) is 7.94. The average Bonchev–Trinajstić information content (AvgIpc) is 2.41. The largest absolute Gasteiger partial charge is 0.484 e. The zero-order chi connectivity index (χ0) is 15.0. The van der Waals surface area contributed by atoms with Gasteiger partial charge in [-0.25, -0.2) is 0 Å². The number of ether oxygens (including phenoxy) is 1. The number of hydrogen-bond acceptors (Lipinski definition) is 2. The van der Waals surface area contributed by atoms with E-state index in [1.165, 1.54) is 5.56 Å². The van der Waals surface area contributed by atoms with E-state index in [0.717, 1.165) is 31.6 Å². The molecular formula is C17H27NO2. The quantitative estimate of drug-likeness (QED) is 0.772. The second-order valence-electron chi connectivity index (χ2n) is 6.12. The number of amides is 1. The van der Waals surface area contributed by atoms with Gasteiger partial charge in [0.1, 0.15) is 5.75 Å². The molecule has 1 N–H and O–H groups in total. The van der Waals surface area contributed by atoms with E-state index in [1.807, 2.05) is 18.2 Å². The molecule has 0 atom stereocenters. The van der Waals surface area contributed by atoms with Crippen LogP contribution in [0.15, 0.2) is 24.3 Å². The molecule has 0 radical (unpaired) electrons. The van der Waals surface area contributed by atoms with Crippen molar-refractivity contribution in [1.29, 1.82) is 0 Å². The van der Waals surface area contributed by atoms with Crippen LogP contribution >= 0.6 is 0 Å². The Labute approximate surface area is 122 Å². The standard InChI is InChI=1S/C17H27NO2/c1-5-6-7-11-18-16(19)13-20-15-10-8-9-14(12-15)17(2,3)4/h8-10,12H,5-7,11,13H2,1-4H3,(H,18,19). The maximum atomic E-state index is 11.6. The van der Waals surface area contributed by atoms with Crippen molar-refractivity contribution in [2.75, 3.05) is 13.2 Å². The van der Waals surface area contributed by atoms with Crippen molar-refractivity contribution < 1.29 is 9.53 Å². The normalized spacial score (nSPS) is 11.2. The number of unbranched alkanes of at least 4 members (excludes halogenated alkanes) is 2. The zero-order valence-electron chi connectivity index (χ0n) is 13.2. The predicted molar refractivity (Wildman–Crippen MR) is 83.2 cm³/mol. The van der Waals surface area contributed by atoms with E-state index in [1.54, 1.807) is 0 Å². The summed E-state index contributed by atoms with van der Waals surface area (Å²) < 4.78 is 5.55. The maximum Gasteiger partial charge on any atom is 0.257 e. The highest BCUT2D eigenvalue weighted by Gasteiger charge is 2.14. The number of rotatable bonds is 7. The third kappa shape index (κ3) is 6.09. The maximum absolute atomic E-state index is 11.6. The molecule has 3 nitrogen and oxygen atoms in total. The fraction of sp³-hybridized carbons (Fsp3) is 0.588. The summed E-state index contributed by atoms with van der Waals surface area (Å²) in [5.41, 5.74) is 1.29. The SMILES string of the molecule is CCCCCNC(=O)COc1cccc(C(C)(C)C)c1. The van der Waals surface area contributed by atoms with Crippen LogP contribution < -0.4 is 10.1 Å². The molecule has 112 valence electrons. The van der Waals surface area contributed by atoms with Gasteiger partial charge in [-0.05, 0) is 29.5 Å². The van der Waals surface area contributed by atoms with Gasteiger partial charge in [0.15, 0.2) is 6.61 Å². The first-order valence-corrected chi connectivity index (χ1v) is 7.43. The minimum atomic E-state index is -0.0535. The number of carbonyl (C=O) groups excluding carboxylic acids is 1. The van der Waals surface area contributed by atoms with Crippen molar-refractivity contribution >= 4 is 5.91 Å². The highest BCUT2D eigenvalue weighted by atomic mass is 16.5. The first-order chi connectivity index (χ1) is 9.43. The summed E-state index contributed by atoms with van der Waals surface area (Å²) >= 11 is 0. The number of carbonyl (C=O) groups is 1. The topological polar surface area (TPSA) is 38.3 Å². The van der Waals surface area contributed by atoms with Gasteiger partial charge >= 0.3 is 0 Å². The molecule has 20 heavy (non-hydrogen) atoms. The smallest absolute Gasteiger partial charge is 0.257 e. The van der Waals surface area contributed by atoms with E-state index in [4.69, 9.17) is 4.74 Å². The van der Waals surface area contributed by atoms with Crippen LogP contribution in [0.25, 0.3) is 0 Å². The Morgan fingerprint density at radius 2 is 2.00 bits per heavy atom. The predicted octanol–water partition coefficient (Wildman–Crippen LogP) is 3.67. The van der Waals surface area contributed by atoms with E-state index in [9.17, 15) is 4.79 Å². The summed E-state index contributed by atoms with van der Waals surface area (Å²) in [6.45, 7) is 9.44. The van der Waals surface area contributed by atoms with E-state index in [2.05, 4.69) is 39.1 Å². The lowest BCUT2D eigenvalue weighted by molar-refractivity contribution is -0.123. The van der Waals surface area contributed by atoms with E-state index < -0.39 is 0 Å². The van der Waals surface area contributed by atoms with Crippen molar-refractivity contribution in [2.24, 2.45) is 0 Å². The Bertz CT molecular complexity index is 421. The van der Waals surface area contributed by atoms with Gasteiger partial charge < -0.3 is 10.1 Å². The highest BCUT2D eigenvalue weighted by Crippen LogP contribution is 2.25. The monoisotopic (exact) mass is 277 g/mol. The van der Waals surface area contributed by atoms with Crippen molar-refractivity contribution in [1.82, 2.24) is 5.32 Å².